The van der Waals surface area contributed by atoms with E-state index in [1.54, 1.807) is 4.68 Å². The first-order chi connectivity index (χ1) is 13.5. The maximum absolute atomic E-state index is 12.9. The van der Waals surface area contributed by atoms with E-state index in [4.69, 9.17) is 14.2 Å². The number of esters is 1. The van der Waals surface area contributed by atoms with Crippen molar-refractivity contribution in [3.8, 4) is 11.5 Å². The minimum Gasteiger partial charge on any atom is -0.490 e. The first-order valence-corrected chi connectivity index (χ1v) is 9.41. The number of carbonyl (C=O) groups excluding carboxylic acids is 1. The number of rotatable bonds is 7. The standard InChI is InChI=1S/C20H26N4O4/c1-6-26-15-9-8-14(10-16(15)27-7-2)18-17(19(25)28-12(3)4)13(5)23-20-21-11-22-24(18)20/h8-12,17-18H,5-7H2,1-4H3,(H,21,22,23)/t17-,18+/m0/s1. The lowest BCUT2D eigenvalue weighted by Gasteiger charge is -2.33. The van der Waals surface area contributed by atoms with Crippen molar-refractivity contribution in [2.45, 2.75) is 39.8 Å². The third-order valence-electron chi connectivity index (χ3n) is 4.31. The summed E-state index contributed by atoms with van der Waals surface area (Å²) >= 11 is 0. The molecule has 2 aromatic rings. The van der Waals surface area contributed by atoms with Crippen molar-refractivity contribution < 1.29 is 19.0 Å². The molecule has 8 heteroatoms. The number of hydrogen-bond donors (Lipinski definition) is 1. The van der Waals surface area contributed by atoms with E-state index in [1.165, 1.54) is 6.33 Å². The highest BCUT2D eigenvalue weighted by Crippen LogP contribution is 2.40. The molecule has 0 saturated heterocycles. The minimum absolute atomic E-state index is 0.239. The van der Waals surface area contributed by atoms with Crippen LogP contribution >= 0.6 is 0 Å². The second-order valence-electron chi connectivity index (χ2n) is 6.66. The summed E-state index contributed by atoms with van der Waals surface area (Å²) in [5.41, 5.74) is 1.34. The lowest BCUT2D eigenvalue weighted by molar-refractivity contribution is -0.152. The van der Waals surface area contributed by atoms with Crippen LogP contribution in [0.3, 0.4) is 0 Å². The second kappa shape index (κ2) is 8.33. The zero-order valence-electron chi connectivity index (χ0n) is 16.6. The van der Waals surface area contributed by atoms with Gasteiger partial charge in [0, 0.05) is 5.70 Å². The quantitative estimate of drug-likeness (QED) is 0.731. The molecular weight excluding hydrogens is 360 g/mol. The number of nitrogens with zero attached hydrogens (tertiary/aromatic N) is 3. The van der Waals surface area contributed by atoms with E-state index in [1.807, 2.05) is 45.9 Å². The molecule has 0 radical (unpaired) electrons. The molecule has 1 aliphatic rings. The number of carbonyl (C=O) groups is 1. The first-order valence-electron chi connectivity index (χ1n) is 9.41. The molecule has 2 atom stereocenters. The van der Waals surface area contributed by atoms with Gasteiger partial charge in [-0.1, -0.05) is 12.6 Å². The summed E-state index contributed by atoms with van der Waals surface area (Å²) in [5.74, 6) is 0.759. The molecule has 8 nitrogen and oxygen atoms in total. The summed E-state index contributed by atoms with van der Waals surface area (Å²) in [6.07, 6.45) is 1.20. The number of aromatic nitrogens is 3. The molecule has 28 heavy (non-hydrogen) atoms. The van der Waals surface area contributed by atoms with E-state index in [0.717, 1.165) is 5.56 Å². The molecule has 3 rings (SSSR count). The fourth-order valence-corrected chi connectivity index (χ4v) is 3.26. The molecule has 150 valence electrons. The third-order valence-corrected chi connectivity index (χ3v) is 4.31. The van der Waals surface area contributed by atoms with Crippen molar-refractivity contribution in [3.05, 3.63) is 42.4 Å². The monoisotopic (exact) mass is 386 g/mol. The number of hydrogen-bond acceptors (Lipinski definition) is 7. The van der Waals surface area contributed by atoms with Gasteiger partial charge in [-0.15, -0.1) is 0 Å². The number of fused-ring (bicyclic) bond motifs is 1. The Bertz CT molecular complexity index is 862. The Morgan fingerprint density at radius 2 is 1.96 bits per heavy atom. The number of anilines is 1. The largest absolute Gasteiger partial charge is 0.490 e. The average Bonchev–Trinajstić information content (AvgIpc) is 3.09. The molecule has 1 aromatic carbocycles. The van der Waals surface area contributed by atoms with Crippen LogP contribution in [-0.2, 0) is 9.53 Å². The Kier molecular flexibility index (Phi) is 5.87. The summed E-state index contributed by atoms with van der Waals surface area (Å²) in [7, 11) is 0. The minimum atomic E-state index is -0.663. The van der Waals surface area contributed by atoms with Crippen LogP contribution in [0.25, 0.3) is 0 Å². The molecule has 1 aliphatic heterocycles. The van der Waals surface area contributed by atoms with Gasteiger partial charge in [-0.2, -0.15) is 10.1 Å². The smallest absolute Gasteiger partial charge is 0.317 e. The molecule has 0 aliphatic carbocycles. The SMILES string of the molecule is C=C1Nc2ncnn2[C@H](c2ccc(OCC)c(OCC)c2)[C@H]1C(=O)OC(C)C. The fraction of sp³-hybridized carbons (Fsp3) is 0.450. The highest BCUT2D eigenvalue weighted by molar-refractivity contribution is 5.79. The zero-order chi connectivity index (χ0) is 20.3. The van der Waals surface area contributed by atoms with Crippen molar-refractivity contribution in [1.29, 1.82) is 0 Å². The lowest BCUT2D eigenvalue weighted by Crippen LogP contribution is -2.38. The fourth-order valence-electron chi connectivity index (χ4n) is 3.26. The van der Waals surface area contributed by atoms with Crippen LogP contribution in [0.1, 0.15) is 39.3 Å². The van der Waals surface area contributed by atoms with E-state index in [9.17, 15) is 4.79 Å². The zero-order valence-corrected chi connectivity index (χ0v) is 16.6. The Morgan fingerprint density at radius 3 is 2.64 bits per heavy atom. The number of benzene rings is 1. The Hall–Kier alpha value is -3.03. The maximum Gasteiger partial charge on any atom is 0.317 e. The summed E-state index contributed by atoms with van der Waals surface area (Å²) in [4.78, 5) is 17.1. The molecule has 0 fully saturated rings. The summed E-state index contributed by atoms with van der Waals surface area (Å²) < 4.78 is 18.6. The van der Waals surface area contributed by atoms with Gasteiger partial charge in [-0.25, -0.2) is 4.68 Å². The Morgan fingerprint density at radius 1 is 1.25 bits per heavy atom. The van der Waals surface area contributed by atoms with Gasteiger partial charge in [0.25, 0.3) is 0 Å². The Balaban J connectivity index is 2.08. The van der Waals surface area contributed by atoms with Crippen molar-refractivity contribution in [2.24, 2.45) is 5.92 Å². The van der Waals surface area contributed by atoms with Gasteiger partial charge in [-0.3, -0.25) is 4.79 Å². The van der Waals surface area contributed by atoms with Gasteiger partial charge < -0.3 is 19.5 Å². The second-order valence-corrected chi connectivity index (χ2v) is 6.66. The van der Waals surface area contributed by atoms with Gasteiger partial charge in [0.15, 0.2) is 11.5 Å². The van der Waals surface area contributed by atoms with Crippen molar-refractivity contribution in [1.82, 2.24) is 14.8 Å². The lowest BCUT2D eigenvalue weighted by atomic mass is 9.89. The van der Waals surface area contributed by atoms with Gasteiger partial charge in [0.05, 0.1) is 25.4 Å². The van der Waals surface area contributed by atoms with Crippen molar-refractivity contribution in [2.75, 3.05) is 18.5 Å². The summed E-state index contributed by atoms with van der Waals surface area (Å²) in [6.45, 7) is 12.5. The Labute approximate surface area is 164 Å². The van der Waals surface area contributed by atoms with E-state index in [0.29, 0.717) is 36.4 Å². The molecule has 1 aromatic heterocycles. The molecule has 1 N–H and O–H groups in total. The summed E-state index contributed by atoms with van der Waals surface area (Å²) in [5, 5.41) is 7.37. The topological polar surface area (TPSA) is 87.5 Å². The normalized spacial score (nSPS) is 18.4. The van der Waals surface area contributed by atoms with Crippen LogP contribution in [0, 0.1) is 5.92 Å². The molecule has 0 bridgehead atoms. The van der Waals surface area contributed by atoms with Crippen LogP contribution in [0.4, 0.5) is 5.95 Å². The van der Waals surface area contributed by atoms with E-state index in [-0.39, 0.29) is 12.1 Å². The van der Waals surface area contributed by atoms with Crippen LogP contribution in [-0.4, -0.2) is 40.1 Å². The molecule has 0 unspecified atom stereocenters. The van der Waals surface area contributed by atoms with E-state index in [2.05, 4.69) is 22.0 Å². The highest BCUT2D eigenvalue weighted by atomic mass is 16.5. The average molecular weight is 386 g/mol. The molecule has 2 heterocycles. The van der Waals surface area contributed by atoms with Crippen LogP contribution in [0.15, 0.2) is 36.8 Å². The predicted octanol–water partition coefficient (Wildman–Crippen LogP) is 3.17. The van der Waals surface area contributed by atoms with Crippen molar-refractivity contribution >= 4 is 11.9 Å². The maximum atomic E-state index is 12.9. The van der Waals surface area contributed by atoms with Crippen molar-refractivity contribution in [3.63, 3.8) is 0 Å². The third kappa shape index (κ3) is 3.81. The molecule has 0 spiro atoms. The van der Waals surface area contributed by atoms with Crippen LogP contribution in [0.2, 0.25) is 0 Å². The molecule has 0 amide bonds. The van der Waals surface area contributed by atoms with Crippen LogP contribution in [0.5, 0.6) is 11.5 Å². The molecular formula is C20H26N4O4. The predicted molar refractivity (Wildman–Crippen MR) is 104 cm³/mol. The highest BCUT2D eigenvalue weighted by Gasteiger charge is 2.41. The van der Waals surface area contributed by atoms with E-state index < -0.39 is 12.0 Å². The van der Waals surface area contributed by atoms with Gasteiger partial charge in [0.1, 0.15) is 12.2 Å². The first kappa shape index (κ1) is 19.7. The van der Waals surface area contributed by atoms with Gasteiger partial charge in [0.2, 0.25) is 5.95 Å². The summed E-state index contributed by atoms with van der Waals surface area (Å²) in [6, 6.07) is 5.15. The van der Waals surface area contributed by atoms with Crippen LogP contribution < -0.4 is 14.8 Å². The van der Waals surface area contributed by atoms with Gasteiger partial charge >= 0.3 is 5.97 Å². The molecule has 0 saturated carbocycles. The number of ether oxygens (including phenoxy) is 3. The number of nitrogens with one attached hydrogen (secondary N) is 1. The van der Waals surface area contributed by atoms with Gasteiger partial charge in [-0.05, 0) is 45.4 Å². The van der Waals surface area contributed by atoms with E-state index >= 15 is 0 Å².